The van der Waals surface area contributed by atoms with Gasteiger partial charge in [-0.3, -0.25) is 0 Å². The normalized spacial score (nSPS) is 20.5. The molecule has 0 amide bonds. The topological polar surface area (TPSA) is 24.1 Å². The van der Waals surface area contributed by atoms with E-state index in [1.54, 1.807) is 6.07 Å². The Balaban J connectivity index is 1.98. The molecule has 1 aromatic carbocycles. The van der Waals surface area contributed by atoms with E-state index < -0.39 is 11.6 Å². The van der Waals surface area contributed by atoms with E-state index in [2.05, 4.69) is 10.6 Å². The first-order valence-electron chi connectivity index (χ1n) is 6.89. The zero-order valence-corrected chi connectivity index (χ0v) is 11.6. The van der Waals surface area contributed by atoms with Crippen molar-refractivity contribution in [1.82, 2.24) is 10.6 Å². The second-order valence-electron chi connectivity index (χ2n) is 5.94. The average molecular weight is 268 g/mol. The molecule has 2 N–H and O–H groups in total. The maximum atomic E-state index is 13.3. The van der Waals surface area contributed by atoms with Crippen LogP contribution >= 0.6 is 0 Å². The number of benzene rings is 1. The Morgan fingerprint density at radius 1 is 1.32 bits per heavy atom. The first kappa shape index (κ1) is 14.4. The minimum absolute atomic E-state index is 0.216. The molecule has 0 spiro atoms. The summed E-state index contributed by atoms with van der Waals surface area (Å²) in [4.78, 5) is 0. The molecule has 1 atom stereocenters. The van der Waals surface area contributed by atoms with E-state index in [-0.39, 0.29) is 5.41 Å². The van der Waals surface area contributed by atoms with E-state index in [9.17, 15) is 8.78 Å². The lowest BCUT2D eigenvalue weighted by Gasteiger charge is -2.31. The molecule has 2 rings (SSSR count). The van der Waals surface area contributed by atoms with Crippen molar-refractivity contribution in [1.29, 1.82) is 0 Å². The molecule has 0 aliphatic carbocycles. The van der Waals surface area contributed by atoms with Crippen LogP contribution in [0.3, 0.4) is 0 Å². The Labute approximate surface area is 113 Å². The van der Waals surface area contributed by atoms with Crippen LogP contribution in [-0.4, -0.2) is 25.7 Å². The van der Waals surface area contributed by atoms with Crippen molar-refractivity contribution < 1.29 is 8.78 Å². The highest BCUT2D eigenvalue weighted by Gasteiger charge is 2.23. The lowest BCUT2D eigenvalue weighted by molar-refractivity contribution is 0.353. The largest absolute Gasteiger partial charge is 0.315 e. The molecule has 1 unspecified atom stereocenters. The van der Waals surface area contributed by atoms with Crippen molar-refractivity contribution in [2.45, 2.75) is 38.1 Å². The molecular formula is C15H22F2N2. The van der Waals surface area contributed by atoms with Crippen LogP contribution in [-0.2, 0) is 5.41 Å². The summed E-state index contributed by atoms with van der Waals surface area (Å²) in [5.41, 5.74) is 0.606. The Bertz CT molecular complexity index is 426. The fraction of sp³-hybridized carbons (Fsp3) is 0.600. The predicted molar refractivity (Wildman–Crippen MR) is 73.3 cm³/mol. The Morgan fingerprint density at radius 3 is 2.74 bits per heavy atom. The molecule has 1 aromatic rings. The van der Waals surface area contributed by atoms with E-state index >= 15 is 0 Å². The maximum Gasteiger partial charge on any atom is 0.159 e. The second-order valence-corrected chi connectivity index (χ2v) is 5.94. The first-order valence-corrected chi connectivity index (χ1v) is 6.89. The summed E-state index contributed by atoms with van der Waals surface area (Å²) >= 11 is 0. The zero-order chi connectivity index (χ0) is 13.9. The molecule has 19 heavy (non-hydrogen) atoms. The van der Waals surface area contributed by atoms with Crippen LogP contribution in [0.25, 0.3) is 0 Å². The quantitative estimate of drug-likeness (QED) is 0.877. The van der Waals surface area contributed by atoms with Gasteiger partial charge < -0.3 is 10.6 Å². The Kier molecular flexibility index (Phi) is 4.53. The minimum Gasteiger partial charge on any atom is -0.315 e. The average Bonchev–Trinajstić information content (AvgIpc) is 2.41. The number of piperidine rings is 1. The molecule has 1 aliphatic heterocycles. The van der Waals surface area contributed by atoms with Crippen LogP contribution in [0.4, 0.5) is 8.78 Å². The summed E-state index contributed by atoms with van der Waals surface area (Å²) in [7, 11) is 0. The van der Waals surface area contributed by atoms with Crippen molar-refractivity contribution in [3.8, 4) is 0 Å². The fourth-order valence-corrected chi connectivity index (χ4v) is 2.44. The van der Waals surface area contributed by atoms with Crippen molar-refractivity contribution in [3.05, 3.63) is 35.4 Å². The molecule has 0 saturated carbocycles. The summed E-state index contributed by atoms with van der Waals surface area (Å²) in [6, 6.07) is 4.64. The maximum absolute atomic E-state index is 13.3. The number of hydrogen-bond donors (Lipinski definition) is 2. The SMILES string of the molecule is CC(C)(CNC1CCCNC1)c1ccc(F)c(F)c1. The molecule has 2 nitrogen and oxygen atoms in total. The van der Waals surface area contributed by atoms with Crippen LogP contribution in [0.2, 0.25) is 0 Å². The standard InChI is InChI=1S/C15H22F2N2/c1-15(2,10-19-12-4-3-7-18-9-12)11-5-6-13(16)14(17)8-11/h5-6,8,12,18-19H,3-4,7,9-10H2,1-2H3. The minimum atomic E-state index is -0.788. The number of hydrogen-bond acceptors (Lipinski definition) is 2. The highest BCUT2D eigenvalue weighted by atomic mass is 19.2. The van der Waals surface area contributed by atoms with Crippen molar-refractivity contribution in [2.75, 3.05) is 19.6 Å². The van der Waals surface area contributed by atoms with Gasteiger partial charge >= 0.3 is 0 Å². The van der Waals surface area contributed by atoms with Gasteiger partial charge in [-0.25, -0.2) is 8.78 Å². The van der Waals surface area contributed by atoms with Gasteiger partial charge in [-0.05, 0) is 37.1 Å². The molecule has 4 heteroatoms. The number of nitrogens with one attached hydrogen (secondary N) is 2. The van der Waals surface area contributed by atoms with Gasteiger partial charge in [0, 0.05) is 24.5 Å². The van der Waals surface area contributed by atoms with E-state index in [0.717, 1.165) is 25.2 Å². The zero-order valence-electron chi connectivity index (χ0n) is 11.6. The molecule has 106 valence electrons. The van der Waals surface area contributed by atoms with Crippen molar-refractivity contribution >= 4 is 0 Å². The number of halogens is 2. The van der Waals surface area contributed by atoms with E-state index in [4.69, 9.17) is 0 Å². The Morgan fingerprint density at radius 2 is 2.11 bits per heavy atom. The van der Waals surface area contributed by atoms with Gasteiger partial charge in [0.1, 0.15) is 0 Å². The molecule has 0 radical (unpaired) electrons. The Hall–Kier alpha value is -1.00. The van der Waals surface area contributed by atoms with E-state index in [1.807, 2.05) is 13.8 Å². The van der Waals surface area contributed by atoms with Gasteiger partial charge in [0.25, 0.3) is 0 Å². The highest BCUT2D eigenvalue weighted by Crippen LogP contribution is 2.24. The van der Waals surface area contributed by atoms with E-state index in [1.165, 1.54) is 25.0 Å². The van der Waals surface area contributed by atoms with Gasteiger partial charge in [0.05, 0.1) is 0 Å². The molecule has 1 saturated heterocycles. The number of rotatable bonds is 4. The van der Waals surface area contributed by atoms with Crippen LogP contribution in [0.5, 0.6) is 0 Å². The smallest absolute Gasteiger partial charge is 0.159 e. The second kappa shape index (κ2) is 5.97. The van der Waals surface area contributed by atoms with Crippen LogP contribution < -0.4 is 10.6 Å². The van der Waals surface area contributed by atoms with Crippen LogP contribution in [0.15, 0.2) is 18.2 Å². The monoisotopic (exact) mass is 268 g/mol. The molecular weight excluding hydrogens is 246 g/mol. The summed E-state index contributed by atoms with van der Waals surface area (Å²) in [6.07, 6.45) is 2.35. The van der Waals surface area contributed by atoms with Gasteiger partial charge in [0.15, 0.2) is 11.6 Å². The summed E-state index contributed by atoms with van der Waals surface area (Å²) < 4.78 is 26.3. The lowest BCUT2D eigenvalue weighted by atomic mass is 9.84. The molecule has 1 heterocycles. The summed E-state index contributed by atoms with van der Waals surface area (Å²) in [6.45, 7) is 6.91. The molecule has 0 bridgehead atoms. The predicted octanol–water partition coefficient (Wildman–Crippen LogP) is 2.58. The van der Waals surface area contributed by atoms with Crippen molar-refractivity contribution in [3.63, 3.8) is 0 Å². The molecule has 1 aliphatic rings. The van der Waals surface area contributed by atoms with E-state index in [0.29, 0.717) is 6.04 Å². The van der Waals surface area contributed by atoms with Gasteiger partial charge in [-0.1, -0.05) is 19.9 Å². The lowest BCUT2D eigenvalue weighted by Crippen LogP contribution is -2.47. The van der Waals surface area contributed by atoms with Gasteiger partial charge in [-0.2, -0.15) is 0 Å². The third-order valence-electron chi connectivity index (χ3n) is 3.83. The highest BCUT2D eigenvalue weighted by molar-refractivity contribution is 5.25. The summed E-state index contributed by atoms with van der Waals surface area (Å²) in [5.74, 6) is -1.56. The van der Waals surface area contributed by atoms with Gasteiger partial charge in [-0.15, -0.1) is 0 Å². The summed E-state index contributed by atoms with van der Waals surface area (Å²) in [5, 5.41) is 6.87. The molecule has 1 fully saturated rings. The van der Waals surface area contributed by atoms with Gasteiger partial charge in [0.2, 0.25) is 0 Å². The van der Waals surface area contributed by atoms with Crippen molar-refractivity contribution in [2.24, 2.45) is 0 Å². The first-order chi connectivity index (χ1) is 8.99. The third-order valence-corrected chi connectivity index (χ3v) is 3.83. The molecule has 0 aromatic heterocycles. The van der Waals surface area contributed by atoms with Crippen LogP contribution in [0, 0.1) is 11.6 Å². The fourth-order valence-electron chi connectivity index (χ4n) is 2.44. The van der Waals surface area contributed by atoms with Crippen LogP contribution in [0.1, 0.15) is 32.3 Å². The third kappa shape index (κ3) is 3.74.